The van der Waals surface area contributed by atoms with Crippen LogP contribution in [0.25, 0.3) is 16.7 Å². The van der Waals surface area contributed by atoms with Gasteiger partial charge in [-0.3, -0.25) is 0 Å². The highest BCUT2D eigenvalue weighted by Gasteiger charge is 2.17. The maximum Gasteiger partial charge on any atom is 0.119 e. The smallest absolute Gasteiger partial charge is 0.119 e. The van der Waals surface area contributed by atoms with Crippen LogP contribution < -0.4 is 4.74 Å². The zero-order chi connectivity index (χ0) is 22.9. The fourth-order valence-electron chi connectivity index (χ4n) is 4.94. The van der Waals surface area contributed by atoms with Crippen molar-refractivity contribution in [2.45, 2.75) is 65.4 Å². The summed E-state index contributed by atoms with van der Waals surface area (Å²) in [7, 11) is 0. The summed E-state index contributed by atoms with van der Waals surface area (Å²) in [4.78, 5) is 0. The Morgan fingerprint density at radius 1 is 0.788 bits per heavy atom. The fraction of sp³-hybridized carbons (Fsp3) is 0.375. The van der Waals surface area contributed by atoms with E-state index in [-0.39, 0.29) is 0 Å². The van der Waals surface area contributed by atoms with Gasteiger partial charge in [0.05, 0.1) is 0 Å². The van der Waals surface area contributed by atoms with E-state index >= 15 is 0 Å². The van der Waals surface area contributed by atoms with Gasteiger partial charge in [0.25, 0.3) is 0 Å². The molecule has 1 aliphatic rings. The van der Waals surface area contributed by atoms with Gasteiger partial charge in [0.2, 0.25) is 0 Å². The maximum atomic E-state index is 5.93. The first-order chi connectivity index (χ1) is 16.2. The molecule has 0 heterocycles. The minimum absolute atomic E-state index is 0.600. The fourth-order valence-corrected chi connectivity index (χ4v) is 4.94. The SMILES string of the molecule is CCC(CC)CCC1CC=C(c2ccc(-c3ccc(OCc4ccccc4)cc3)cc2)CC1. The summed E-state index contributed by atoms with van der Waals surface area (Å²) in [6.45, 7) is 5.28. The molecule has 172 valence electrons. The zero-order valence-corrected chi connectivity index (χ0v) is 20.3. The molecular formula is C32H38O. The number of allylic oxidation sites excluding steroid dienone is 2. The standard InChI is InChI=1S/C32H38O/c1-3-25(4-2)10-11-26-12-14-28(15-13-26)29-16-18-30(19-17-29)31-20-22-32(23-21-31)33-24-27-8-6-5-7-9-27/h5-9,14,16-23,25-26H,3-4,10-13,15,24H2,1-2H3. The van der Waals surface area contributed by atoms with Gasteiger partial charge in [0.1, 0.15) is 12.4 Å². The lowest BCUT2D eigenvalue weighted by molar-refractivity contribution is 0.306. The number of rotatable bonds is 10. The Kier molecular flexibility index (Phi) is 8.41. The summed E-state index contributed by atoms with van der Waals surface area (Å²) in [5.74, 6) is 2.72. The van der Waals surface area contributed by atoms with E-state index < -0.39 is 0 Å². The lowest BCUT2D eigenvalue weighted by atomic mass is 9.82. The number of benzene rings is 3. The predicted octanol–water partition coefficient (Wildman–Crippen LogP) is 9.33. The molecule has 4 rings (SSSR count). The second-order valence-electron chi connectivity index (χ2n) is 9.51. The van der Waals surface area contributed by atoms with Crippen LogP contribution in [0, 0.1) is 11.8 Å². The molecule has 0 saturated heterocycles. The Morgan fingerprint density at radius 2 is 1.42 bits per heavy atom. The van der Waals surface area contributed by atoms with Crippen molar-refractivity contribution in [1.82, 2.24) is 0 Å². The molecule has 0 spiro atoms. The van der Waals surface area contributed by atoms with Gasteiger partial charge in [-0.25, -0.2) is 0 Å². The highest BCUT2D eigenvalue weighted by molar-refractivity contribution is 5.71. The molecule has 0 aromatic heterocycles. The molecule has 0 amide bonds. The van der Waals surface area contributed by atoms with Gasteiger partial charge >= 0.3 is 0 Å². The first-order valence-corrected chi connectivity index (χ1v) is 12.8. The minimum Gasteiger partial charge on any atom is -0.489 e. The van der Waals surface area contributed by atoms with Crippen molar-refractivity contribution in [3.05, 3.63) is 96.1 Å². The van der Waals surface area contributed by atoms with Crippen LogP contribution in [0.1, 0.15) is 69.9 Å². The molecule has 3 aromatic rings. The van der Waals surface area contributed by atoms with E-state index in [0.29, 0.717) is 6.61 Å². The van der Waals surface area contributed by atoms with Crippen LogP contribution in [-0.4, -0.2) is 0 Å². The summed E-state index contributed by atoms with van der Waals surface area (Å²) >= 11 is 0. The lowest BCUT2D eigenvalue weighted by Crippen LogP contribution is -2.08. The third-order valence-corrected chi connectivity index (χ3v) is 7.35. The Balaban J connectivity index is 1.31. The van der Waals surface area contributed by atoms with Gasteiger partial charge in [-0.2, -0.15) is 0 Å². The topological polar surface area (TPSA) is 9.23 Å². The minimum atomic E-state index is 0.600. The zero-order valence-electron chi connectivity index (χ0n) is 20.3. The van der Waals surface area contributed by atoms with Crippen LogP contribution in [0.3, 0.4) is 0 Å². The van der Waals surface area contributed by atoms with Crippen LogP contribution in [-0.2, 0) is 6.61 Å². The average molecular weight is 439 g/mol. The van der Waals surface area contributed by atoms with E-state index in [1.54, 1.807) is 0 Å². The monoisotopic (exact) mass is 438 g/mol. The molecule has 3 aromatic carbocycles. The van der Waals surface area contributed by atoms with Gasteiger partial charge < -0.3 is 4.74 Å². The number of ether oxygens (including phenoxy) is 1. The van der Waals surface area contributed by atoms with E-state index in [9.17, 15) is 0 Å². The molecule has 0 bridgehead atoms. The van der Waals surface area contributed by atoms with Crippen molar-refractivity contribution in [3.8, 4) is 16.9 Å². The second-order valence-corrected chi connectivity index (χ2v) is 9.51. The van der Waals surface area contributed by atoms with Crippen molar-refractivity contribution in [2.24, 2.45) is 11.8 Å². The van der Waals surface area contributed by atoms with E-state index in [1.165, 1.54) is 72.8 Å². The van der Waals surface area contributed by atoms with E-state index in [0.717, 1.165) is 17.6 Å². The average Bonchev–Trinajstić information content (AvgIpc) is 2.89. The first-order valence-electron chi connectivity index (χ1n) is 12.8. The Hall–Kier alpha value is -2.80. The summed E-state index contributed by atoms with van der Waals surface area (Å²) < 4.78 is 5.93. The number of hydrogen-bond donors (Lipinski definition) is 0. The predicted molar refractivity (Wildman–Crippen MR) is 141 cm³/mol. The molecule has 0 aliphatic heterocycles. The van der Waals surface area contributed by atoms with Gasteiger partial charge in [-0.15, -0.1) is 0 Å². The third kappa shape index (κ3) is 6.60. The van der Waals surface area contributed by atoms with Crippen LogP contribution in [0.15, 0.2) is 84.9 Å². The first kappa shape index (κ1) is 23.4. The lowest BCUT2D eigenvalue weighted by Gasteiger charge is -2.24. The van der Waals surface area contributed by atoms with Crippen molar-refractivity contribution in [1.29, 1.82) is 0 Å². The third-order valence-electron chi connectivity index (χ3n) is 7.35. The molecule has 0 saturated carbocycles. The summed E-state index contributed by atoms with van der Waals surface area (Å²) in [5.41, 5.74) is 6.59. The van der Waals surface area contributed by atoms with E-state index in [1.807, 2.05) is 18.2 Å². The van der Waals surface area contributed by atoms with Crippen LogP contribution in [0.2, 0.25) is 0 Å². The molecule has 1 atom stereocenters. The van der Waals surface area contributed by atoms with Crippen molar-refractivity contribution < 1.29 is 4.74 Å². The van der Waals surface area contributed by atoms with Gasteiger partial charge in [-0.1, -0.05) is 106 Å². The normalized spacial score (nSPS) is 16.0. The molecule has 0 fully saturated rings. The quantitative estimate of drug-likeness (QED) is 0.306. The maximum absolute atomic E-state index is 5.93. The Bertz CT molecular complexity index is 995. The van der Waals surface area contributed by atoms with E-state index in [4.69, 9.17) is 4.74 Å². The summed E-state index contributed by atoms with van der Waals surface area (Å²) in [5, 5.41) is 0. The Labute approximate surface area is 200 Å². The molecule has 0 radical (unpaired) electrons. The molecule has 1 nitrogen and oxygen atoms in total. The highest BCUT2D eigenvalue weighted by atomic mass is 16.5. The van der Waals surface area contributed by atoms with Crippen molar-refractivity contribution >= 4 is 5.57 Å². The molecule has 1 unspecified atom stereocenters. The van der Waals surface area contributed by atoms with Crippen LogP contribution in [0.5, 0.6) is 5.75 Å². The second kappa shape index (κ2) is 11.9. The highest BCUT2D eigenvalue weighted by Crippen LogP contribution is 2.34. The number of hydrogen-bond acceptors (Lipinski definition) is 1. The molecule has 1 heteroatoms. The molecule has 0 N–H and O–H groups in total. The summed E-state index contributed by atoms with van der Waals surface area (Å²) in [6.07, 6.45) is 11.8. The molecular weight excluding hydrogens is 400 g/mol. The van der Waals surface area contributed by atoms with Crippen molar-refractivity contribution in [3.63, 3.8) is 0 Å². The largest absolute Gasteiger partial charge is 0.489 e. The Morgan fingerprint density at radius 3 is 2.03 bits per heavy atom. The van der Waals surface area contributed by atoms with Crippen LogP contribution in [0.4, 0.5) is 0 Å². The van der Waals surface area contributed by atoms with Crippen molar-refractivity contribution in [2.75, 3.05) is 0 Å². The van der Waals surface area contributed by atoms with Gasteiger partial charge in [0, 0.05) is 0 Å². The van der Waals surface area contributed by atoms with E-state index in [2.05, 4.69) is 80.6 Å². The molecule has 1 aliphatic carbocycles. The van der Waals surface area contributed by atoms with Gasteiger partial charge in [-0.05, 0) is 77.5 Å². The summed E-state index contributed by atoms with van der Waals surface area (Å²) in [6, 6.07) is 27.8. The van der Waals surface area contributed by atoms with Gasteiger partial charge in [0.15, 0.2) is 0 Å². The van der Waals surface area contributed by atoms with Crippen LogP contribution >= 0.6 is 0 Å². The molecule has 33 heavy (non-hydrogen) atoms.